The van der Waals surface area contributed by atoms with Crippen LogP contribution in [0, 0.1) is 10.1 Å². The van der Waals surface area contributed by atoms with Crippen LogP contribution >= 0.6 is 0 Å². The molecule has 0 aliphatic rings. The van der Waals surface area contributed by atoms with Gasteiger partial charge in [0, 0.05) is 6.07 Å². The van der Waals surface area contributed by atoms with E-state index >= 15 is 0 Å². The average Bonchev–Trinajstić information content (AvgIpc) is 2.42. The highest BCUT2D eigenvalue weighted by Crippen LogP contribution is 2.25. The third kappa shape index (κ3) is 4.50. The Kier molecular flexibility index (Phi) is 5.08. The topological polar surface area (TPSA) is 120 Å². The molecular formula is C10H11N3O6. The number of para-hydroxylation sites is 2. The van der Waals surface area contributed by atoms with Crippen LogP contribution in [0.3, 0.4) is 0 Å². The first kappa shape index (κ1) is 14.2. The maximum Gasteiger partial charge on any atom is 0.425 e. The van der Waals surface area contributed by atoms with Gasteiger partial charge in [-0.3, -0.25) is 20.3 Å². The summed E-state index contributed by atoms with van der Waals surface area (Å²) in [5.74, 6) is -0.732. The predicted molar refractivity (Wildman–Crippen MR) is 62.3 cm³/mol. The molecule has 0 saturated heterocycles. The molecule has 2 amide bonds. The summed E-state index contributed by atoms with van der Waals surface area (Å²) in [6.07, 6.45) is -0.848. The van der Waals surface area contributed by atoms with Crippen LogP contribution in [0.4, 0.5) is 10.5 Å². The molecule has 9 nitrogen and oxygen atoms in total. The smallest absolute Gasteiger partial charge is 0.425 e. The molecule has 0 aliphatic carbocycles. The SMILES string of the molecule is COC(=O)NNC(=O)COc1ccccc1[N+](=O)[O-]. The van der Waals surface area contributed by atoms with Crippen molar-refractivity contribution < 1.29 is 24.0 Å². The number of methoxy groups -OCH3 is 1. The molecule has 1 rings (SSSR count). The third-order valence-electron chi connectivity index (χ3n) is 1.91. The minimum Gasteiger partial charge on any atom is -0.477 e. The molecule has 1 aromatic rings. The molecular weight excluding hydrogens is 258 g/mol. The number of hydrogen-bond acceptors (Lipinski definition) is 6. The van der Waals surface area contributed by atoms with E-state index in [9.17, 15) is 19.7 Å². The second-order valence-corrected chi connectivity index (χ2v) is 3.18. The number of carbonyl (C=O) groups excluding carboxylic acids is 2. The molecule has 19 heavy (non-hydrogen) atoms. The highest BCUT2D eigenvalue weighted by atomic mass is 16.6. The van der Waals surface area contributed by atoms with E-state index in [1.807, 2.05) is 10.9 Å². The van der Waals surface area contributed by atoms with Crippen molar-refractivity contribution in [1.82, 2.24) is 10.9 Å². The summed E-state index contributed by atoms with van der Waals surface area (Å²) in [6.45, 7) is -0.491. The van der Waals surface area contributed by atoms with Crippen molar-refractivity contribution in [3.05, 3.63) is 34.4 Å². The van der Waals surface area contributed by atoms with E-state index in [1.54, 1.807) is 0 Å². The lowest BCUT2D eigenvalue weighted by Gasteiger charge is -2.07. The van der Waals surface area contributed by atoms with Gasteiger partial charge in [-0.25, -0.2) is 10.2 Å². The van der Waals surface area contributed by atoms with E-state index in [0.717, 1.165) is 7.11 Å². The summed E-state index contributed by atoms with van der Waals surface area (Å²) in [5.41, 5.74) is 3.67. The molecule has 0 fully saturated rings. The first-order valence-electron chi connectivity index (χ1n) is 5.03. The normalized spacial score (nSPS) is 9.32. The fourth-order valence-corrected chi connectivity index (χ4v) is 1.08. The Morgan fingerprint density at radius 1 is 1.32 bits per heavy atom. The zero-order valence-electron chi connectivity index (χ0n) is 9.91. The van der Waals surface area contributed by atoms with Gasteiger partial charge in [0.2, 0.25) is 0 Å². The molecule has 2 N–H and O–H groups in total. The van der Waals surface area contributed by atoms with Crippen LogP contribution < -0.4 is 15.6 Å². The Balaban J connectivity index is 2.51. The van der Waals surface area contributed by atoms with Crippen molar-refractivity contribution in [2.75, 3.05) is 13.7 Å². The van der Waals surface area contributed by atoms with E-state index < -0.39 is 23.5 Å². The van der Waals surface area contributed by atoms with Gasteiger partial charge in [0.25, 0.3) is 5.91 Å². The molecule has 0 radical (unpaired) electrons. The Hall–Kier alpha value is -2.84. The minimum absolute atomic E-state index is 0.0410. The number of amides is 2. The van der Waals surface area contributed by atoms with Crippen LogP contribution in [0.5, 0.6) is 5.75 Å². The molecule has 0 saturated carbocycles. The number of benzene rings is 1. The van der Waals surface area contributed by atoms with Gasteiger partial charge in [-0.1, -0.05) is 12.1 Å². The molecule has 0 aliphatic heterocycles. The number of nitrogens with zero attached hydrogens (tertiary/aromatic N) is 1. The van der Waals surface area contributed by atoms with Crippen molar-refractivity contribution in [2.24, 2.45) is 0 Å². The van der Waals surface area contributed by atoms with Gasteiger partial charge >= 0.3 is 11.8 Å². The largest absolute Gasteiger partial charge is 0.477 e. The number of carbonyl (C=O) groups is 2. The molecule has 1 aromatic carbocycles. The highest BCUT2D eigenvalue weighted by Gasteiger charge is 2.14. The standard InChI is InChI=1S/C10H11N3O6/c1-18-10(15)12-11-9(14)6-19-8-5-3-2-4-7(8)13(16)17/h2-5H,6H2,1H3,(H,11,14)(H,12,15). The van der Waals surface area contributed by atoms with Crippen molar-refractivity contribution in [3.8, 4) is 5.75 Å². The van der Waals surface area contributed by atoms with Gasteiger partial charge in [-0.15, -0.1) is 0 Å². The maximum absolute atomic E-state index is 11.2. The number of nitro groups is 1. The van der Waals surface area contributed by atoms with Gasteiger partial charge in [0.1, 0.15) is 0 Å². The van der Waals surface area contributed by atoms with Gasteiger partial charge < -0.3 is 9.47 Å². The predicted octanol–water partition coefficient (Wildman–Crippen LogP) is 0.361. The van der Waals surface area contributed by atoms with Crippen LogP contribution in [-0.4, -0.2) is 30.6 Å². The van der Waals surface area contributed by atoms with Gasteiger partial charge in [0.15, 0.2) is 12.4 Å². The third-order valence-corrected chi connectivity index (χ3v) is 1.91. The van der Waals surface area contributed by atoms with E-state index in [-0.39, 0.29) is 11.4 Å². The number of rotatable bonds is 4. The second-order valence-electron chi connectivity index (χ2n) is 3.18. The summed E-state index contributed by atoms with van der Waals surface area (Å²) in [6, 6.07) is 5.62. The quantitative estimate of drug-likeness (QED) is 0.601. The van der Waals surface area contributed by atoms with E-state index in [4.69, 9.17) is 4.74 Å². The van der Waals surface area contributed by atoms with Gasteiger partial charge in [-0.05, 0) is 6.07 Å². The number of hydrazine groups is 1. The lowest BCUT2D eigenvalue weighted by Crippen LogP contribution is -2.43. The fraction of sp³-hybridized carbons (Fsp3) is 0.200. The van der Waals surface area contributed by atoms with Crippen LogP contribution in [0.1, 0.15) is 0 Å². The average molecular weight is 269 g/mol. The molecule has 0 heterocycles. The first-order chi connectivity index (χ1) is 9.04. The summed E-state index contributed by atoms with van der Waals surface area (Å²) in [5, 5.41) is 10.7. The Morgan fingerprint density at radius 2 is 2.00 bits per heavy atom. The fourth-order valence-electron chi connectivity index (χ4n) is 1.08. The summed E-state index contributed by atoms with van der Waals surface area (Å²) in [7, 11) is 1.13. The van der Waals surface area contributed by atoms with E-state index in [2.05, 4.69) is 4.74 Å². The van der Waals surface area contributed by atoms with Crippen LogP contribution in [0.25, 0.3) is 0 Å². The number of nitrogens with one attached hydrogen (secondary N) is 2. The first-order valence-corrected chi connectivity index (χ1v) is 5.03. The summed E-state index contributed by atoms with van der Waals surface area (Å²) < 4.78 is 9.20. The maximum atomic E-state index is 11.2. The molecule has 9 heteroatoms. The highest BCUT2D eigenvalue weighted by molar-refractivity contribution is 5.80. The zero-order valence-corrected chi connectivity index (χ0v) is 9.91. The number of ether oxygens (including phenoxy) is 2. The summed E-state index contributed by atoms with van der Waals surface area (Å²) in [4.78, 5) is 31.9. The molecule has 0 aromatic heterocycles. The summed E-state index contributed by atoms with van der Waals surface area (Å²) >= 11 is 0. The monoisotopic (exact) mass is 269 g/mol. The van der Waals surface area contributed by atoms with Crippen LogP contribution in [0.15, 0.2) is 24.3 Å². The molecule has 0 atom stereocenters. The number of hydrogen-bond donors (Lipinski definition) is 2. The minimum atomic E-state index is -0.848. The van der Waals surface area contributed by atoms with Crippen molar-refractivity contribution in [3.63, 3.8) is 0 Å². The lowest BCUT2D eigenvalue weighted by atomic mass is 10.3. The second kappa shape index (κ2) is 6.79. The zero-order chi connectivity index (χ0) is 14.3. The van der Waals surface area contributed by atoms with Crippen molar-refractivity contribution in [2.45, 2.75) is 0 Å². The molecule has 0 unspecified atom stereocenters. The van der Waals surface area contributed by atoms with E-state index in [1.165, 1.54) is 24.3 Å². The van der Waals surface area contributed by atoms with Gasteiger partial charge in [-0.2, -0.15) is 0 Å². The Morgan fingerprint density at radius 3 is 2.63 bits per heavy atom. The van der Waals surface area contributed by atoms with E-state index in [0.29, 0.717) is 0 Å². The molecule has 102 valence electrons. The van der Waals surface area contributed by atoms with Crippen molar-refractivity contribution >= 4 is 17.7 Å². The Bertz CT molecular complexity index is 490. The van der Waals surface area contributed by atoms with Crippen LogP contribution in [0.2, 0.25) is 0 Å². The van der Waals surface area contributed by atoms with Crippen molar-refractivity contribution in [1.29, 1.82) is 0 Å². The van der Waals surface area contributed by atoms with Gasteiger partial charge in [0.05, 0.1) is 12.0 Å². The van der Waals surface area contributed by atoms with Crippen LogP contribution in [-0.2, 0) is 9.53 Å². The molecule has 0 spiro atoms. The Labute approximate surface area is 107 Å². The number of nitro benzene ring substituents is 1. The lowest BCUT2D eigenvalue weighted by molar-refractivity contribution is -0.385. The molecule has 0 bridgehead atoms.